The number of rotatable bonds is 5. The maximum Gasteiger partial charge on any atom is 0.236 e. The van der Waals surface area contributed by atoms with E-state index in [1.807, 2.05) is 23.4 Å². The average Bonchev–Trinajstić information content (AvgIpc) is 3.00. The summed E-state index contributed by atoms with van der Waals surface area (Å²) < 4.78 is 0. The molecule has 0 aromatic carbocycles. The summed E-state index contributed by atoms with van der Waals surface area (Å²) in [4.78, 5) is 17.5. The average molecular weight is 281 g/mol. The molecule has 2 unspecified atom stereocenters. The summed E-state index contributed by atoms with van der Waals surface area (Å²) in [6, 6.07) is 4.55. The SMILES string of the molecule is CC1CC(CN)CN1CC(=O)N(C)Cc1cccs1. The van der Waals surface area contributed by atoms with Crippen molar-refractivity contribution in [2.45, 2.75) is 25.9 Å². The highest BCUT2D eigenvalue weighted by Crippen LogP contribution is 2.22. The second-order valence-corrected chi connectivity index (χ2v) is 6.48. The van der Waals surface area contributed by atoms with E-state index in [2.05, 4.69) is 17.9 Å². The van der Waals surface area contributed by atoms with Gasteiger partial charge in [0, 0.05) is 24.5 Å². The molecule has 4 nitrogen and oxygen atoms in total. The highest BCUT2D eigenvalue weighted by Gasteiger charge is 2.29. The molecule has 19 heavy (non-hydrogen) atoms. The Bertz CT molecular complexity index is 407. The van der Waals surface area contributed by atoms with Crippen molar-refractivity contribution < 1.29 is 4.79 Å². The summed E-state index contributed by atoms with van der Waals surface area (Å²) in [6.07, 6.45) is 1.11. The first-order valence-electron chi connectivity index (χ1n) is 6.80. The van der Waals surface area contributed by atoms with Crippen LogP contribution in [0.25, 0.3) is 0 Å². The molecule has 1 aliphatic heterocycles. The summed E-state index contributed by atoms with van der Waals surface area (Å²) in [5.74, 6) is 0.739. The van der Waals surface area contributed by atoms with E-state index >= 15 is 0 Å². The van der Waals surface area contributed by atoms with Gasteiger partial charge < -0.3 is 10.6 Å². The van der Waals surface area contributed by atoms with E-state index in [-0.39, 0.29) is 5.91 Å². The molecule has 5 heteroatoms. The lowest BCUT2D eigenvalue weighted by Gasteiger charge is -2.24. The third-order valence-electron chi connectivity index (χ3n) is 3.86. The fraction of sp³-hybridized carbons (Fsp3) is 0.643. The number of hydrogen-bond donors (Lipinski definition) is 1. The van der Waals surface area contributed by atoms with Gasteiger partial charge in [0.1, 0.15) is 0 Å². The molecular formula is C14H23N3OS. The zero-order valence-electron chi connectivity index (χ0n) is 11.7. The number of amides is 1. The summed E-state index contributed by atoms with van der Waals surface area (Å²) in [5.41, 5.74) is 5.72. The normalized spacial score (nSPS) is 23.7. The lowest BCUT2D eigenvalue weighted by atomic mass is 10.1. The van der Waals surface area contributed by atoms with E-state index < -0.39 is 0 Å². The zero-order chi connectivity index (χ0) is 13.8. The molecule has 1 aliphatic rings. The lowest BCUT2D eigenvalue weighted by molar-refractivity contribution is -0.131. The van der Waals surface area contributed by atoms with Gasteiger partial charge in [-0.1, -0.05) is 6.07 Å². The molecule has 2 N–H and O–H groups in total. The molecular weight excluding hydrogens is 258 g/mol. The summed E-state index contributed by atoms with van der Waals surface area (Å²) in [5, 5.41) is 2.04. The highest BCUT2D eigenvalue weighted by atomic mass is 32.1. The molecule has 1 amide bonds. The predicted molar refractivity (Wildman–Crippen MR) is 79.0 cm³/mol. The summed E-state index contributed by atoms with van der Waals surface area (Å²) in [7, 11) is 1.88. The minimum atomic E-state index is 0.193. The number of nitrogens with two attached hydrogens (primary N) is 1. The standard InChI is InChI=1S/C14H23N3OS/c1-11-6-12(7-15)8-17(11)10-14(18)16(2)9-13-4-3-5-19-13/h3-5,11-12H,6-10,15H2,1-2H3. The van der Waals surface area contributed by atoms with Crippen molar-refractivity contribution in [3.05, 3.63) is 22.4 Å². The number of likely N-dealkylation sites (tertiary alicyclic amines) is 1. The van der Waals surface area contributed by atoms with E-state index in [1.54, 1.807) is 11.3 Å². The van der Waals surface area contributed by atoms with Gasteiger partial charge in [-0.05, 0) is 37.3 Å². The zero-order valence-corrected chi connectivity index (χ0v) is 12.5. The minimum absolute atomic E-state index is 0.193. The van der Waals surface area contributed by atoms with Crippen molar-refractivity contribution in [2.24, 2.45) is 11.7 Å². The second kappa shape index (κ2) is 6.50. The molecule has 2 heterocycles. The molecule has 1 aromatic heterocycles. The Labute approximate surface area is 119 Å². The second-order valence-electron chi connectivity index (χ2n) is 5.45. The summed E-state index contributed by atoms with van der Waals surface area (Å²) >= 11 is 1.69. The quantitative estimate of drug-likeness (QED) is 0.887. The van der Waals surface area contributed by atoms with Crippen LogP contribution in [0.4, 0.5) is 0 Å². The maximum atomic E-state index is 12.2. The van der Waals surface area contributed by atoms with Crippen LogP contribution in [-0.2, 0) is 11.3 Å². The Balaban J connectivity index is 1.83. The molecule has 0 radical (unpaired) electrons. The number of carbonyl (C=O) groups excluding carboxylic acids is 1. The number of thiophene rings is 1. The smallest absolute Gasteiger partial charge is 0.236 e. The van der Waals surface area contributed by atoms with Crippen LogP contribution in [0.15, 0.2) is 17.5 Å². The van der Waals surface area contributed by atoms with Crippen LogP contribution in [0, 0.1) is 5.92 Å². The van der Waals surface area contributed by atoms with Gasteiger partial charge in [0.05, 0.1) is 13.1 Å². The van der Waals surface area contributed by atoms with Crippen LogP contribution < -0.4 is 5.73 Å². The fourth-order valence-electron chi connectivity index (χ4n) is 2.63. The predicted octanol–water partition coefficient (Wildman–Crippen LogP) is 1.38. The molecule has 0 saturated carbocycles. The molecule has 1 aromatic rings. The van der Waals surface area contributed by atoms with Gasteiger partial charge in [-0.15, -0.1) is 11.3 Å². The lowest BCUT2D eigenvalue weighted by Crippen LogP contribution is -2.39. The Morgan fingerprint density at radius 1 is 1.63 bits per heavy atom. The number of carbonyl (C=O) groups is 1. The third-order valence-corrected chi connectivity index (χ3v) is 4.72. The van der Waals surface area contributed by atoms with Crippen LogP contribution in [0.1, 0.15) is 18.2 Å². The van der Waals surface area contributed by atoms with Crippen molar-refractivity contribution in [3.63, 3.8) is 0 Å². The highest BCUT2D eigenvalue weighted by molar-refractivity contribution is 7.09. The van der Waals surface area contributed by atoms with E-state index in [9.17, 15) is 4.79 Å². The van der Waals surface area contributed by atoms with E-state index in [1.165, 1.54) is 4.88 Å². The molecule has 1 saturated heterocycles. The van der Waals surface area contributed by atoms with Gasteiger partial charge in [0.15, 0.2) is 0 Å². The van der Waals surface area contributed by atoms with Crippen molar-refractivity contribution in [1.82, 2.24) is 9.80 Å². The van der Waals surface area contributed by atoms with Gasteiger partial charge in [-0.3, -0.25) is 9.69 Å². The minimum Gasteiger partial charge on any atom is -0.340 e. The monoisotopic (exact) mass is 281 g/mol. The Morgan fingerprint density at radius 3 is 3.00 bits per heavy atom. The number of nitrogens with zero attached hydrogens (tertiary/aromatic N) is 2. The molecule has 106 valence electrons. The molecule has 0 aliphatic carbocycles. The van der Waals surface area contributed by atoms with Crippen LogP contribution in [0.5, 0.6) is 0 Å². The first-order chi connectivity index (χ1) is 9.10. The van der Waals surface area contributed by atoms with Crippen LogP contribution in [0.2, 0.25) is 0 Å². The van der Waals surface area contributed by atoms with Gasteiger partial charge in [-0.2, -0.15) is 0 Å². The van der Waals surface area contributed by atoms with Crippen molar-refractivity contribution in [3.8, 4) is 0 Å². The number of likely N-dealkylation sites (N-methyl/N-ethyl adjacent to an activating group) is 1. The molecule has 1 fully saturated rings. The molecule has 0 bridgehead atoms. The largest absolute Gasteiger partial charge is 0.340 e. The van der Waals surface area contributed by atoms with E-state index in [4.69, 9.17) is 5.73 Å². The maximum absolute atomic E-state index is 12.2. The Hall–Kier alpha value is -0.910. The van der Waals surface area contributed by atoms with Crippen LogP contribution in [0.3, 0.4) is 0 Å². The van der Waals surface area contributed by atoms with Gasteiger partial charge in [0.2, 0.25) is 5.91 Å². The summed E-state index contributed by atoms with van der Waals surface area (Å²) in [6.45, 7) is 5.08. The first kappa shape index (κ1) is 14.5. The van der Waals surface area contributed by atoms with Crippen molar-refractivity contribution in [1.29, 1.82) is 0 Å². The van der Waals surface area contributed by atoms with Crippen LogP contribution >= 0.6 is 11.3 Å². The molecule has 0 spiro atoms. The first-order valence-corrected chi connectivity index (χ1v) is 7.68. The van der Waals surface area contributed by atoms with Gasteiger partial charge >= 0.3 is 0 Å². The van der Waals surface area contributed by atoms with E-state index in [0.29, 0.717) is 25.0 Å². The van der Waals surface area contributed by atoms with E-state index in [0.717, 1.165) is 19.5 Å². The van der Waals surface area contributed by atoms with Crippen LogP contribution in [-0.4, -0.2) is 48.4 Å². The topological polar surface area (TPSA) is 49.6 Å². The van der Waals surface area contributed by atoms with Crippen molar-refractivity contribution in [2.75, 3.05) is 26.7 Å². The third kappa shape index (κ3) is 3.78. The van der Waals surface area contributed by atoms with Gasteiger partial charge in [0.25, 0.3) is 0 Å². The fourth-order valence-corrected chi connectivity index (χ4v) is 3.38. The Morgan fingerprint density at radius 2 is 2.42 bits per heavy atom. The number of hydrogen-bond acceptors (Lipinski definition) is 4. The molecule has 2 atom stereocenters. The van der Waals surface area contributed by atoms with Gasteiger partial charge in [-0.25, -0.2) is 0 Å². The Kier molecular flexibility index (Phi) is 4.96. The van der Waals surface area contributed by atoms with Crippen molar-refractivity contribution >= 4 is 17.2 Å². The molecule has 2 rings (SSSR count).